The molecule has 0 saturated carbocycles. The average Bonchev–Trinajstić information content (AvgIpc) is 2.65. The first-order valence-electron chi connectivity index (χ1n) is 9.07. The summed E-state index contributed by atoms with van der Waals surface area (Å²) in [6.45, 7) is 3.34. The third kappa shape index (κ3) is 6.20. The highest BCUT2D eigenvalue weighted by molar-refractivity contribution is 7.90. The monoisotopic (exact) mass is 403 g/mol. The van der Waals surface area contributed by atoms with Gasteiger partial charge in [-0.1, -0.05) is 31.5 Å². The number of hydrogen-bond acceptors (Lipinski definition) is 5. The van der Waals surface area contributed by atoms with Crippen molar-refractivity contribution in [3.8, 4) is 0 Å². The number of rotatable bonds is 8. The number of aryl methyl sites for hydroxylation is 2. The fraction of sp³-hybridized carbons (Fsp3) is 0.333. The molecule has 2 rings (SSSR count). The highest BCUT2D eigenvalue weighted by Gasteiger charge is 2.16. The summed E-state index contributed by atoms with van der Waals surface area (Å²) in [6, 6.07) is 11.8. The molecule has 0 heterocycles. The molecule has 0 aliphatic heterocycles. The number of sulfone groups is 1. The van der Waals surface area contributed by atoms with Crippen molar-refractivity contribution in [1.82, 2.24) is 0 Å². The van der Waals surface area contributed by atoms with Gasteiger partial charge in [-0.05, 0) is 55.2 Å². The third-order valence-electron chi connectivity index (χ3n) is 4.25. The lowest BCUT2D eigenvalue weighted by molar-refractivity contribution is -0.119. The SMILES string of the molecule is CCCCc1ccc(NC(=O)COC(=O)c2cc(S(C)(=O)=O)ccc2C)cc1. The van der Waals surface area contributed by atoms with E-state index in [4.69, 9.17) is 4.74 Å². The predicted molar refractivity (Wildman–Crippen MR) is 108 cm³/mol. The van der Waals surface area contributed by atoms with Crippen LogP contribution >= 0.6 is 0 Å². The second-order valence-corrected chi connectivity index (χ2v) is 8.69. The summed E-state index contributed by atoms with van der Waals surface area (Å²) >= 11 is 0. The quantitative estimate of drug-likeness (QED) is 0.681. The molecule has 150 valence electrons. The van der Waals surface area contributed by atoms with E-state index in [0.717, 1.165) is 25.5 Å². The van der Waals surface area contributed by atoms with E-state index in [-0.39, 0.29) is 10.5 Å². The lowest BCUT2D eigenvalue weighted by Gasteiger charge is -2.10. The maximum absolute atomic E-state index is 12.2. The maximum atomic E-state index is 12.2. The summed E-state index contributed by atoms with van der Waals surface area (Å²) in [7, 11) is -3.44. The van der Waals surface area contributed by atoms with Gasteiger partial charge in [0.1, 0.15) is 0 Å². The van der Waals surface area contributed by atoms with E-state index in [2.05, 4.69) is 12.2 Å². The van der Waals surface area contributed by atoms with Gasteiger partial charge < -0.3 is 10.1 Å². The van der Waals surface area contributed by atoms with Crippen molar-refractivity contribution in [3.05, 3.63) is 59.2 Å². The molecule has 7 heteroatoms. The predicted octanol–water partition coefficient (Wildman–Crippen LogP) is 3.54. The minimum Gasteiger partial charge on any atom is -0.452 e. The Balaban J connectivity index is 1.95. The summed E-state index contributed by atoms with van der Waals surface area (Å²) in [5, 5.41) is 2.67. The molecule has 0 aliphatic rings. The van der Waals surface area contributed by atoms with Crippen molar-refractivity contribution >= 4 is 27.4 Å². The minimum atomic E-state index is -3.44. The summed E-state index contributed by atoms with van der Waals surface area (Å²) in [4.78, 5) is 24.3. The van der Waals surface area contributed by atoms with Crippen LogP contribution in [-0.2, 0) is 25.8 Å². The first-order valence-corrected chi connectivity index (χ1v) is 11.0. The summed E-state index contributed by atoms with van der Waals surface area (Å²) < 4.78 is 28.3. The molecule has 0 spiro atoms. The molecule has 0 unspecified atom stereocenters. The molecular weight excluding hydrogens is 378 g/mol. The molecule has 1 N–H and O–H groups in total. The van der Waals surface area contributed by atoms with Crippen LogP contribution in [0.4, 0.5) is 5.69 Å². The highest BCUT2D eigenvalue weighted by Crippen LogP contribution is 2.17. The van der Waals surface area contributed by atoms with Crippen molar-refractivity contribution in [2.75, 3.05) is 18.2 Å². The van der Waals surface area contributed by atoms with Crippen LogP contribution in [-0.4, -0.2) is 33.2 Å². The van der Waals surface area contributed by atoms with Gasteiger partial charge in [-0.3, -0.25) is 4.79 Å². The standard InChI is InChI=1S/C21H25NO5S/c1-4-5-6-16-8-10-17(11-9-16)22-20(23)14-27-21(24)19-13-18(28(3,25)26)12-7-15(19)2/h7-13H,4-6,14H2,1-3H3,(H,22,23). The van der Waals surface area contributed by atoms with Crippen LogP contribution in [0.25, 0.3) is 0 Å². The molecule has 28 heavy (non-hydrogen) atoms. The first-order chi connectivity index (χ1) is 13.2. The lowest BCUT2D eigenvalue weighted by Crippen LogP contribution is -2.21. The zero-order valence-electron chi connectivity index (χ0n) is 16.3. The fourth-order valence-corrected chi connectivity index (χ4v) is 3.24. The largest absolute Gasteiger partial charge is 0.452 e. The van der Waals surface area contributed by atoms with E-state index in [9.17, 15) is 18.0 Å². The molecule has 0 aromatic heterocycles. The normalized spacial score (nSPS) is 11.1. The zero-order chi connectivity index (χ0) is 20.7. The van der Waals surface area contributed by atoms with Crippen molar-refractivity contribution < 1.29 is 22.7 Å². The van der Waals surface area contributed by atoms with Crippen LogP contribution in [0.15, 0.2) is 47.4 Å². The molecule has 0 radical (unpaired) electrons. The average molecular weight is 404 g/mol. The number of amides is 1. The molecule has 0 atom stereocenters. The molecule has 0 fully saturated rings. The molecule has 1 amide bonds. The second-order valence-electron chi connectivity index (χ2n) is 6.67. The van der Waals surface area contributed by atoms with E-state index in [0.29, 0.717) is 11.3 Å². The molecule has 6 nitrogen and oxygen atoms in total. The Hall–Kier alpha value is -2.67. The van der Waals surface area contributed by atoms with E-state index < -0.39 is 28.3 Å². The number of carbonyl (C=O) groups excluding carboxylic acids is 2. The second kappa shape index (κ2) is 9.50. The molecule has 2 aromatic carbocycles. The van der Waals surface area contributed by atoms with Gasteiger partial charge in [0.2, 0.25) is 0 Å². The van der Waals surface area contributed by atoms with Gasteiger partial charge in [0.25, 0.3) is 5.91 Å². The number of unbranched alkanes of at least 4 members (excludes halogenated alkanes) is 1. The zero-order valence-corrected chi connectivity index (χ0v) is 17.1. The number of benzene rings is 2. The van der Waals surface area contributed by atoms with Crippen LogP contribution in [0.2, 0.25) is 0 Å². The van der Waals surface area contributed by atoms with Gasteiger partial charge in [-0.2, -0.15) is 0 Å². The number of carbonyl (C=O) groups is 2. The van der Waals surface area contributed by atoms with Crippen molar-refractivity contribution in [1.29, 1.82) is 0 Å². The van der Waals surface area contributed by atoms with Crippen LogP contribution in [0.5, 0.6) is 0 Å². The topological polar surface area (TPSA) is 89.5 Å². The number of hydrogen-bond donors (Lipinski definition) is 1. The van der Waals surface area contributed by atoms with Crippen LogP contribution in [0.3, 0.4) is 0 Å². The highest BCUT2D eigenvalue weighted by atomic mass is 32.2. The van der Waals surface area contributed by atoms with Crippen molar-refractivity contribution in [3.63, 3.8) is 0 Å². The third-order valence-corrected chi connectivity index (χ3v) is 5.36. The van der Waals surface area contributed by atoms with Gasteiger partial charge in [0.15, 0.2) is 16.4 Å². The van der Waals surface area contributed by atoms with Gasteiger partial charge in [0, 0.05) is 11.9 Å². The lowest BCUT2D eigenvalue weighted by atomic mass is 10.1. The van der Waals surface area contributed by atoms with Gasteiger partial charge >= 0.3 is 5.97 Å². The van der Waals surface area contributed by atoms with Crippen LogP contribution in [0, 0.1) is 6.92 Å². The Morgan fingerprint density at radius 3 is 2.36 bits per heavy atom. The Kier molecular flexibility index (Phi) is 7.34. The molecule has 0 aliphatic carbocycles. The first kappa shape index (κ1) is 21.6. The molecular formula is C21H25NO5S. The summed E-state index contributed by atoms with van der Waals surface area (Å²) in [6.07, 6.45) is 4.29. The van der Waals surface area contributed by atoms with E-state index in [1.807, 2.05) is 24.3 Å². The van der Waals surface area contributed by atoms with Crippen molar-refractivity contribution in [2.45, 2.75) is 38.0 Å². The van der Waals surface area contributed by atoms with Crippen LogP contribution in [0.1, 0.15) is 41.3 Å². The fourth-order valence-electron chi connectivity index (χ4n) is 2.59. The molecule has 0 bridgehead atoms. The molecule has 2 aromatic rings. The summed E-state index contributed by atoms with van der Waals surface area (Å²) in [5.74, 6) is -1.21. The maximum Gasteiger partial charge on any atom is 0.338 e. The van der Waals surface area contributed by atoms with E-state index >= 15 is 0 Å². The van der Waals surface area contributed by atoms with E-state index in [1.165, 1.54) is 23.8 Å². The number of esters is 1. The molecule has 0 saturated heterocycles. The van der Waals surface area contributed by atoms with Gasteiger partial charge in [-0.25, -0.2) is 13.2 Å². The van der Waals surface area contributed by atoms with Crippen LogP contribution < -0.4 is 5.32 Å². The smallest absolute Gasteiger partial charge is 0.338 e. The van der Waals surface area contributed by atoms with Crippen molar-refractivity contribution in [2.24, 2.45) is 0 Å². The Bertz CT molecular complexity index is 949. The minimum absolute atomic E-state index is 0.0256. The number of nitrogens with one attached hydrogen (secondary N) is 1. The number of anilines is 1. The van der Waals surface area contributed by atoms with Gasteiger partial charge in [0.05, 0.1) is 10.5 Å². The Morgan fingerprint density at radius 2 is 1.75 bits per heavy atom. The van der Waals surface area contributed by atoms with E-state index in [1.54, 1.807) is 6.92 Å². The Labute approximate surface area is 165 Å². The Morgan fingerprint density at radius 1 is 1.07 bits per heavy atom. The summed E-state index contributed by atoms with van der Waals surface area (Å²) in [5.41, 5.74) is 2.51. The number of ether oxygens (including phenoxy) is 1. The van der Waals surface area contributed by atoms with Gasteiger partial charge in [-0.15, -0.1) is 0 Å².